The zero-order chi connectivity index (χ0) is 24.0. The molecule has 0 aliphatic carbocycles. The molecule has 0 unspecified atom stereocenters. The number of carbonyl (C=O) groups is 2. The van der Waals surface area contributed by atoms with Crippen LogP contribution in [0.3, 0.4) is 0 Å². The van der Waals surface area contributed by atoms with Gasteiger partial charge in [0.25, 0.3) is 17.4 Å². The van der Waals surface area contributed by atoms with Crippen LogP contribution in [-0.4, -0.2) is 58.1 Å². The Labute approximate surface area is 184 Å². The SMILES string of the molecule is CN(C)C(=O)c1c2c(c(O)c(=O)n1CC(F)(F)F)C(=O)N(Cc1ccc(F)c(Cl)c1)CC2. The highest BCUT2D eigenvalue weighted by atomic mass is 35.5. The summed E-state index contributed by atoms with van der Waals surface area (Å²) in [6.07, 6.45) is -4.94. The molecule has 0 spiro atoms. The summed E-state index contributed by atoms with van der Waals surface area (Å²) in [5.74, 6) is -3.56. The highest BCUT2D eigenvalue weighted by Crippen LogP contribution is 2.31. The van der Waals surface area contributed by atoms with Gasteiger partial charge in [-0.05, 0) is 24.1 Å². The first-order chi connectivity index (χ1) is 14.8. The van der Waals surface area contributed by atoms with Crippen molar-refractivity contribution in [1.82, 2.24) is 14.4 Å². The number of halogens is 5. The summed E-state index contributed by atoms with van der Waals surface area (Å²) in [6, 6.07) is 3.81. The fraction of sp³-hybridized carbons (Fsp3) is 0.350. The third-order valence-electron chi connectivity index (χ3n) is 4.98. The number of nitrogens with zero attached hydrogens (tertiary/aromatic N) is 3. The molecule has 0 atom stereocenters. The number of aromatic nitrogens is 1. The zero-order valence-electron chi connectivity index (χ0n) is 17.0. The molecule has 0 radical (unpaired) electrons. The Morgan fingerprint density at radius 3 is 2.47 bits per heavy atom. The van der Waals surface area contributed by atoms with Gasteiger partial charge in [-0.3, -0.25) is 19.0 Å². The van der Waals surface area contributed by atoms with E-state index in [4.69, 9.17) is 11.6 Å². The number of benzene rings is 1. The summed E-state index contributed by atoms with van der Waals surface area (Å²) in [7, 11) is 2.58. The molecule has 2 aromatic rings. The smallest absolute Gasteiger partial charge is 0.406 e. The molecule has 0 bridgehead atoms. The number of alkyl halides is 3. The van der Waals surface area contributed by atoms with Crippen LogP contribution in [0.4, 0.5) is 17.6 Å². The van der Waals surface area contributed by atoms with Gasteiger partial charge in [-0.2, -0.15) is 13.2 Å². The van der Waals surface area contributed by atoms with Gasteiger partial charge in [0.15, 0.2) is 5.75 Å². The van der Waals surface area contributed by atoms with Crippen LogP contribution in [0.2, 0.25) is 5.02 Å². The first kappa shape index (κ1) is 23.6. The van der Waals surface area contributed by atoms with Crippen molar-refractivity contribution in [3.63, 3.8) is 0 Å². The first-order valence-corrected chi connectivity index (χ1v) is 9.70. The van der Waals surface area contributed by atoms with Crippen LogP contribution in [0, 0.1) is 5.82 Å². The monoisotopic (exact) mass is 475 g/mol. The molecular formula is C20H18ClF4N3O4. The number of hydrogen-bond acceptors (Lipinski definition) is 4. The highest BCUT2D eigenvalue weighted by Gasteiger charge is 2.38. The second kappa shape index (κ2) is 8.45. The molecule has 12 heteroatoms. The third kappa shape index (κ3) is 4.43. The predicted molar refractivity (Wildman–Crippen MR) is 106 cm³/mol. The summed E-state index contributed by atoms with van der Waals surface area (Å²) in [4.78, 5) is 40.5. The van der Waals surface area contributed by atoms with Gasteiger partial charge in [0.1, 0.15) is 18.1 Å². The second-order valence-electron chi connectivity index (χ2n) is 7.48. The lowest BCUT2D eigenvalue weighted by Gasteiger charge is -2.31. The van der Waals surface area contributed by atoms with Crippen LogP contribution in [0.15, 0.2) is 23.0 Å². The number of aromatic hydroxyl groups is 1. The van der Waals surface area contributed by atoms with Gasteiger partial charge in [-0.25, -0.2) is 4.39 Å². The Kier molecular flexibility index (Phi) is 6.23. The summed E-state index contributed by atoms with van der Waals surface area (Å²) in [6.45, 7) is -1.87. The van der Waals surface area contributed by atoms with E-state index in [1.807, 2.05) is 0 Å². The molecule has 2 heterocycles. The second-order valence-corrected chi connectivity index (χ2v) is 7.89. The molecule has 3 rings (SSSR count). The van der Waals surface area contributed by atoms with E-state index in [1.54, 1.807) is 0 Å². The molecule has 32 heavy (non-hydrogen) atoms. The van der Waals surface area contributed by atoms with Crippen molar-refractivity contribution in [2.45, 2.75) is 25.7 Å². The van der Waals surface area contributed by atoms with Crippen LogP contribution in [0.1, 0.15) is 32.0 Å². The van der Waals surface area contributed by atoms with E-state index in [9.17, 15) is 37.1 Å². The van der Waals surface area contributed by atoms with Crippen LogP contribution in [0.25, 0.3) is 0 Å². The predicted octanol–water partition coefficient (Wildman–Crippen LogP) is 2.81. The molecule has 1 aromatic carbocycles. The van der Waals surface area contributed by atoms with E-state index >= 15 is 0 Å². The van der Waals surface area contributed by atoms with Crippen LogP contribution >= 0.6 is 11.6 Å². The van der Waals surface area contributed by atoms with Gasteiger partial charge in [0.05, 0.1) is 10.6 Å². The van der Waals surface area contributed by atoms with Crippen LogP contribution in [-0.2, 0) is 19.5 Å². The molecule has 0 saturated heterocycles. The first-order valence-electron chi connectivity index (χ1n) is 9.32. The van der Waals surface area contributed by atoms with E-state index in [-0.39, 0.29) is 34.7 Å². The molecule has 0 fully saturated rings. The lowest BCUT2D eigenvalue weighted by molar-refractivity contribution is -0.141. The molecule has 2 amide bonds. The lowest BCUT2D eigenvalue weighted by atomic mass is 9.95. The quantitative estimate of drug-likeness (QED) is 0.689. The van der Waals surface area contributed by atoms with Crippen molar-refractivity contribution in [1.29, 1.82) is 0 Å². The lowest BCUT2D eigenvalue weighted by Crippen LogP contribution is -2.43. The molecule has 0 saturated carbocycles. The summed E-state index contributed by atoms with van der Waals surface area (Å²) >= 11 is 5.75. The summed E-state index contributed by atoms with van der Waals surface area (Å²) in [5.41, 5.74) is -2.28. The Morgan fingerprint density at radius 2 is 1.91 bits per heavy atom. The van der Waals surface area contributed by atoms with Gasteiger partial charge >= 0.3 is 6.18 Å². The Hall–Kier alpha value is -3.08. The summed E-state index contributed by atoms with van der Waals surface area (Å²) in [5, 5.41) is 10.2. The normalized spacial score (nSPS) is 13.8. The van der Waals surface area contributed by atoms with E-state index < -0.39 is 52.9 Å². The molecule has 1 aromatic heterocycles. The molecule has 1 N–H and O–H groups in total. The van der Waals surface area contributed by atoms with Crippen molar-refractivity contribution in [2.24, 2.45) is 0 Å². The number of rotatable bonds is 4. The Bertz CT molecular complexity index is 1160. The third-order valence-corrected chi connectivity index (χ3v) is 5.27. The molecule has 172 valence electrons. The van der Waals surface area contributed by atoms with Gasteiger partial charge in [0.2, 0.25) is 0 Å². The number of pyridine rings is 1. The molecular weight excluding hydrogens is 458 g/mol. The number of carbonyl (C=O) groups excluding carboxylic acids is 2. The van der Waals surface area contributed by atoms with Crippen molar-refractivity contribution in [3.05, 3.63) is 61.8 Å². The van der Waals surface area contributed by atoms with E-state index in [0.717, 1.165) is 11.0 Å². The maximum atomic E-state index is 13.4. The maximum absolute atomic E-state index is 13.4. The highest BCUT2D eigenvalue weighted by molar-refractivity contribution is 6.30. The number of amides is 2. The van der Waals surface area contributed by atoms with Gasteiger partial charge < -0.3 is 14.9 Å². The Balaban J connectivity index is 2.12. The van der Waals surface area contributed by atoms with Crippen molar-refractivity contribution in [2.75, 3.05) is 20.6 Å². The standard InChI is InChI=1S/C20H18ClF4N3O4/c1-26(2)18(31)15-11-5-6-27(8-10-3-4-13(22)12(21)7-10)17(30)14(11)16(29)19(32)28(15)9-20(23,24)25/h3-4,7,29H,5-6,8-9H2,1-2H3. The van der Waals surface area contributed by atoms with Crippen molar-refractivity contribution < 1.29 is 32.3 Å². The minimum Gasteiger partial charge on any atom is -0.502 e. The maximum Gasteiger partial charge on any atom is 0.406 e. The number of hydrogen-bond donors (Lipinski definition) is 1. The van der Waals surface area contributed by atoms with Crippen LogP contribution in [0.5, 0.6) is 5.75 Å². The minimum absolute atomic E-state index is 0.0157. The molecule has 1 aliphatic rings. The van der Waals surface area contributed by atoms with E-state index in [0.29, 0.717) is 5.56 Å². The average molecular weight is 476 g/mol. The van der Waals surface area contributed by atoms with Crippen molar-refractivity contribution in [3.8, 4) is 5.75 Å². The van der Waals surface area contributed by atoms with Crippen molar-refractivity contribution >= 4 is 23.4 Å². The summed E-state index contributed by atoms with van der Waals surface area (Å²) < 4.78 is 52.8. The van der Waals surface area contributed by atoms with Gasteiger partial charge in [-0.15, -0.1) is 0 Å². The topological polar surface area (TPSA) is 82.9 Å². The van der Waals surface area contributed by atoms with Crippen LogP contribution < -0.4 is 5.56 Å². The molecule has 7 nitrogen and oxygen atoms in total. The largest absolute Gasteiger partial charge is 0.502 e. The minimum atomic E-state index is -4.85. The van der Waals surface area contributed by atoms with E-state index in [1.165, 1.54) is 31.1 Å². The Morgan fingerprint density at radius 1 is 1.25 bits per heavy atom. The fourth-order valence-corrected chi connectivity index (χ4v) is 3.74. The zero-order valence-corrected chi connectivity index (χ0v) is 17.7. The fourth-order valence-electron chi connectivity index (χ4n) is 3.54. The molecule has 1 aliphatic heterocycles. The van der Waals surface area contributed by atoms with Gasteiger partial charge in [0, 0.05) is 32.7 Å². The number of fused-ring (bicyclic) bond motifs is 1. The average Bonchev–Trinajstić information content (AvgIpc) is 2.69. The van der Waals surface area contributed by atoms with E-state index in [2.05, 4.69) is 0 Å². The van der Waals surface area contributed by atoms with Gasteiger partial charge in [-0.1, -0.05) is 17.7 Å².